The van der Waals surface area contributed by atoms with E-state index in [-0.39, 0.29) is 5.56 Å². The van der Waals surface area contributed by atoms with Gasteiger partial charge in [-0.2, -0.15) is 0 Å². The molecule has 2 rings (SSSR count). The Balaban J connectivity index is 2.12. The monoisotopic (exact) mass is 343 g/mol. The van der Waals surface area contributed by atoms with E-state index in [4.69, 9.17) is 9.47 Å². The number of methoxy groups -OCH3 is 1. The van der Waals surface area contributed by atoms with Crippen LogP contribution in [-0.2, 0) is 0 Å². The first-order valence-corrected chi connectivity index (χ1v) is 7.94. The summed E-state index contributed by atoms with van der Waals surface area (Å²) in [4.78, 5) is 14.3. The average Bonchev–Trinajstić information content (AvgIpc) is 2.60. The molecule has 0 aliphatic carbocycles. The van der Waals surface area contributed by atoms with E-state index < -0.39 is 11.6 Å². The summed E-state index contributed by atoms with van der Waals surface area (Å²) >= 11 is 0. The highest BCUT2D eigenvalue weighted by Crippen LogP contribution is 2.21. The molecule has 0 unspecified atom stereocenters. The minimum atomic E-state index is -0.607. The van der Waals surface area contributed by atoms with Gasteiger partial charge < -0.3 is 14.4 Å². The SMILES string of the molecule is COc1ccc(C(=O)C=Cc2ccccc2OCCN(C)C)c(F)c1. The summed E-state index contributed by atoms with van der Waals surface area (Å²) < 4.78 is 24.7. The minimum Gasteiger partial charge on any atom is -0.497 e. The molecule has 0 bridgehead atoms. The zero-order valence-corrected chi connectivity index (χ0v) is 14.7. The number of nitrogens with zero attached hydrogens (tertiary/aromatic N) is 1. The zero-order valence-electron chi connectivity index (χ0n) is 14.7. The van der Waals surface area contributed by atoms with Gasteiger partial charge in [0.05, 0.1) is 12.7 Å². The smallest absolute Gasteiger partial charge is 0.188 e. The van der Waals surface area contributed by atoms with Crippen molar-refractivity contribution in [1.29, 1.82) is 0 Å². The first kappa shape index (κ1) is 18.7. The van der Waals surface area contributed by atoms with Crippen molar-refractivity contribution < 1.29 is 18.7 Å². The van der Waals surface area contributed by atoms with E-state index >= 15 is 0 Å². The highest BCUT2D eigenvalue weighted by atomic mass is 19.1. The maximum absolute atomic E-state index is 14.0. The number of ether oxygens (including phenoxy) is 2. The molecule has 0 heterocycles. The molecule has 0 aromatic heterocycles. The summed E-state index contributed by atoms with van der Waals surface area (Å²) in [5.41, 5.74) is 0.770. The Labute approximate surface area is 147 Å². The van der Waals surface area contributed by atoms with Crippen molar-refractivity contribution in [2.45, 2.75) is 0 Å². The van der Waals surface area contributed by atoms with Crippen LogP contribution in [0.25, 0.3) is 6.08 Å². The van der Waals surface area contributed by atoms with Crippen LogP contribution in [0, 0.1) is 5.82 Å². The van der Waals surface area contributed by atoms with Crippen molar-refractivity contribution >= 4 is 11.9 Å². The van der Waals surface area contributed by atoms with Gasteiger partial charge in [0.1, 0.15) is 23.9 Å². The summed E-state index contributed by atoms with van der Waals surface area (Å²) in [7, 11) is 5.39. The third-order valence-corrected chi connectivity index (χ3v) is 3.57. The van der Waals surface area contributed by atoms with Gasteiger partial charge in [0.2, 0.25) is 0 Å². The predicted molar refractivity (Wildman–Crippen MR) is 96.8 cm³/mol. The first-order chi connectivity index (χ1) is 12.0. The number of hydrogen-bond donors (Lipinski definition) is 0. The van der Waals surface area contributed by atoms with Crippen molar-refractivity contribution in [2.24, 2.45) is 0 Å². The van der Waals surface area contributed by atoms with Gasteiger partial charge in [-0.25, -0.2) is 4.39 Å². The molecule has 132 valence electrons. The zero-order chi connectivity index (χ0) is 18.2. The summed E-state index contributed by atoms with van der Waals surface area (Å²) in [6.45, 7) is 1.33. The van der Waals surface area contributed by atoms with Crippen LogP contribution in [0.2, 0.25) is 0 Å². The van der Waals surface area contributed by atoms with Gasteiger partial charge in [-0.3, -0.25) is 4.79 Å². The van der Waals surface area contributed by atoms with E-state index in [1.807, 2.05) is 43.3 Å². The van der Waals surface area contributed by atoms with E-state index in [0.29, 0.717) is 18.1 Å². The van der Waals surface area contributed by atoms with Gasteiger partial charge in [-0.05, 0) is 44.4 Å². The van der Waals surface area contributed by atoms with Gasteiger partial charge >= 0.3 is 0 Å². The first-order valence-electron chi connectivity index (χ1n) is 7.94. The van der Waals surface area contributed by atoms with Crippen LogP contribution >= 0.6 is 0 Å². The summed E-state index contributed by atoms with van der Waals surface area (Å²) in [6, 6.07) is 11.6. The maximum Gasteiger partial charge on any atom is 0.188 e. The topological polar surface area (TPSA) is 38.8 Å². The number of rotatable bonds is 8. The highest BCUT2D eigenvalue weighted by Gasteiger charge is 2.10. The molecule has 5 heteroatoms. The Morgan fingerprint density at radius 2 is 1.96 bits per heavy atom. The largest absolute Gasteiger partial charge is 0.497 e. The molecule has 0 aliphatic rings. The molecule has 0 N–H and O–H groups in total. The van der Waals surface area contributed by atoms with Crippen LogP contribution in [0.4, 0.5) is 4.39 Å². The van der Waals surface area contributed by atoms with Crippen molar-refractivity contribution in [3.05, 3.63) is 65.5 Å². The van der Waals surface area contributed by atoms with Crippen molar-refractivity contribution in [1.82, 2.24) is 4.90 Å². The molecule has 4 nitrogen and oxygen atoms in total. The molecule has 2 aromatic rings. The molecule has 0 amide bonds. The maximum atomic E-state index is 14.0. The molecule has 2 aromatic carbocycles. The van der Waals surface area contributed by atoms with E-state index in [1.165, 1.54) is 25.3 Å². The van der Waals surface area contributed by atoms with Gasteiger partial charge in [0.25, 0.3) is 0 Å². The fraction of sp³-hybridized carbons (Fsp3) is 0.250. The van der Waals surface area contributed by atoms with Crippen molar-refractivity contribution in [3.8, 4) is 11.5 Å². The number of para-hydroxylation sites is 1. The Morgan fingerprint density at radius 3 is 2.64 bits per heavy atom. The molecule has 25 heavy (non-hydrogen) atoms. The van der Waals surface area contributed by atoms with Gasteiger partial charge in [-0.15, -0.1) is 0 Å². The number of allylic oxidation sites excluding steroid dienone is 1. The number of likely N-dealkylation sites (N-methyl/N-ethyl adjacent to an activating group) is 1. The van der Waals surface area contributed by atoms with Crippen molar-refractivity contribution in [3.63, 3.8) is 0 Å². The molecular formula is C20H22FNO3. The highest BCUT2D eigenvalue weighted by molar-refractivity contribution is 6.07. The number of halogens is 1. The lowest BCUT2D eigenvalue weighted by molar-refractivity contribution is 0.104. The van der Waals surface area contributed by atoms with Crippen LogP contribution < -0.4 is 9.47 Å². The molecule has 0 saturated carbocycles. The van der Waals surface area contributed by atoms with Crippen LogP contribution in [0.1, 0.15) is 15.9 Å². The number of ketones is 1. The molecule has 0 spiro atoms. The lowest BCUT2D eigenvalue weighted by Crippen LogP contribution is -2.19. The van der Waals surface area contributed by atoms with Crippen LogP contribution in [0.3, 0.4) is 0 Å². The Hall–Kier alpha value is -2.66. The molecule has 0 atom stereocenters. The molecule has 0 saturated heterocycles. The number of benzene rings is 2. The van der Waals surface area contributed by atoms with Crippen molar-refractivity contribution in [2.75, 3.05) is 34.4 Å². The number of carbonyl (C=O) groups excluding carboxylic acids is 1. The lowest BCUT2D eigenvalue weighted by Gasteiger charge is -2.12. The third-order valence-electron chi connectivity index (χ3n) is 3.57. The van der Waals surface area contributed by atoms with Crippen LogP contribution in [-0.4, -0.2) is 45.0 Å². The van der Waals surface area contributed by atoms with Crippen LogP contribution in [0.5, 0.6) is 11.5 Å². The van der Waals surface area contributed by atoms with Crippen LogP contribution in [0.15, 0.2) is 48.5 Å². The third kappa shape index (κ3) is 5.43. The molecule has 0 radical (unpaired) electrons. The fourth-order valence-electron chi connectivity index (χ4n) is 2.17. The lowest BCUT2D eigenvalue weighted by atomic mass is 10.1. The molecular weight excluding hydrogens is 321 g/mol. The summed E-state index contributed by atoms with van der Waals surface area (Å²) in [5.74, 6) is 0.0361. The predicted octanol–water partition coefficient (Wildman–Crippen LogP) is 3.67. The second kappa shape index (κ2) is 8.99. The standard InChI is InChI=1S/C20H22FNO3/c1-22(2)12-13-25-20-7-5-4-6-15(20)8-11-19(23)17-10-9-16(24-3)14-18(17)21/h4-11,14H,12-13H2,1-3H3. The van der Waals surface area contributed by atoms with E-state index in [1.54, 1.807) is 12.1 Å². The molecule has 0 fully saturated rings. The Morgan fingerprint density at radius 1 is 1.20 bits per heavy atom. The average molecular weight is 343 g/mol. The second-order valence-electron chi connectivity index (χ2n) is 5.73. The number of carbonyl (C=O) groups is 1. The van der Waals surface area contributed by atoms with E-state index in [9.17, 15) is 9.18 Å². The number of hydrogen-bond acceptors (Lipinski definition) is 4. The summed E-state index contributed by atoms with van der Waals surface area (Å²) in [5, 5.41) is 0. The Bertz CT molecular complexity index is 756. The van der Waals surface area contributed by atoms with Gasteiger partial charge in [0, 0.05) is 18.2 Å². The fourth-order valence-corrected chi connectivity index (χ4v) is 2.17. The minimum absolute atomic E-state index is 0.00283. The van der Waals surface area contributed by atoms with E-state index in [2.05, 4.69) is 0 Å². The summed E-state index contributed by atoms with van der Waals surface area (Å²) in [6.07, 6.45) is 2.98. The quantitative estimate of drug-likeness (QED) is 0.541. The van der Waals surface area contributed by atoms with Gasteiger partial charge in [0.15, 0.2) is 5.78 Å². The Kier molecular flexibility index (Phi) is 6.71. The van der Waals surface area contributed by atoms with Gasteiger partial charge in [-0.1, -0.05) is 18.2 Å². The van der Waals surface area contributed by atoms with E-state index in [0.717, 1.165) is 12.1 Å². The second-order valence-corrected chi connectivity index (χ2v) is 5.73. The normalized spacial score (nSPS) is 11.1. The molecule has 0 aliphatic heterocycles.